The molecule has 0 aromatic heterocycles. The molecule has 0 saturated carbocycles. The van der Waals surface area contributed by atoms with Crippen molar-refractivity contribution in [2.45, 2.75) is 19.6 Å². The van der Waals surface area contributed by atoms with E-state index in [1.165, 1.54) is 0 Å². The number of methoxy groups -OCH3 is 2. The van der Waals surface area contributed by atoms with Gasteiger partial charge in [0.2, 0.25) is 0 Å². The summed E-state index contributed by atoms with van der Waals surface area (Å²) in [5, 5.41) is 0. The van der Waals surface area contributed by atoms with E-state index in [2.05, 4.69) is 6.92 Å². The predicted octanol–water partition coefficient (Wildman–Crippen LogP) is 1.03. The molecule has 3 heteroatoms. The van der Waals surface area contributed by atoms with E-state index in [0.29, 0.717) is 6.61 Å². The lowest BCUT2D eigenvalue weighted by atomic mass is 10.5. The van der Waals surface area contributed by atoms with Crippen molar-refractivity contribution in [3.63, 3.8) is 0 Å². The summed E-state index contributed by atoms with van der Waals surface area (Å²) < 4.78 is 15.0. The van der Waals surface area contributed by atoms with E-state index in [1.54, 1.807) is 14.2 Å². The maximum atomic E-state index is 5.23. The zero-order chi connectivity index (χ0) is 7.82. The first-order valence-electron chi connectivity index (χ1n) is 3.48. The molecule has 0 radical (unpaired) electrons. The highest BCUT2D eigenvalue weighted by Gasteiger charge is 2.04. The highest BCUT2D eigenvalue weighted by Crippen LogP contribution is 1.94. The highest BCUT2D eigenvalue weighted by atomic mass is 16.7. The van der Waals surface area contributed by atoms with E-state index in [1.807, 2.05) is 0 Å². The summed E-state index contributed by atoms with van der Waals surface area (Å²) in [5.74, 6) is 0. The van der Waals surface area contributed by atoms with Gasteiger partial charge in [0.25, 0.3) is 0 Å². The van der Waals surface area contributed by atoms with E-state index in [9.17, 15) is 0 Å². The van der Waals surface area contributed by atoms with Gasteiger partial charge in [-0.2, -0.15) is 0 Å². The SMILES string of the molecule is CCCOC(COC)OC. The largest absolute Gasteiger partial charge is 0.379 e. The zero-order valence-corrected chi connectivity index (χ0v) is 6.92. The molecule has 3 nitrogen and oxygen atoms in total. The first-order chi connectivity index (χ1) is 4.85. The van der Waals surface area contributed by atoms with Crippen molar-refractivity contribution >= 4 is 0 Å². The number of hydrogen-bond acceptors (Lipinski definition) is 3. The minimum absolute atomic E-state index is 0.204. The lowest BCUT2D eigenvalue weighted by Crippen LogP contribution is -2.21. The Morgan fingerprint density at radius 2 is 2.00 bits per heavy atom. The van der Waals surface area contributed by atoms with Gasteiger partial charge in [0.1, 0.15) is 0 Å². The fourth-order valence-corrected chi connectivity index (χ4v) is 0.570. The molecule has 0 heterocycles. The van der Waals surface area contributed by atoms with Crippen LogP contribution in [0.5, 0.6) is 0 Å². The Kier molecular flexibility index (Phi) is 6.91. The molecule has 62 valence electrons. The van der Waals surface area contributed by atoms with Crippen LogP contribution in [-0.4, -0.2) is 33.7 Å². The van der Waals surface area contributed by atoms with Gasteiger partial charge in [-0.3, -0.25) is 0 Å². The molecule has 0 aromatic carbocycles. The summed E-state index contributed by atoms with van der Waals surface area (Å²) >= 11 is 0. The Labute approximate surface area is 62.3 Å². The van der Waals surface area contributed by atoms with Gasteiger partial charge in [0.15, 0.2) is 6.29 Å². The predicted molar refractivity (Wildman–Crippen MR) is 38.9 cm³/mol. The van der Waals surface area contributed by atoms with Crippen molar-refractivity contribution in [3.8, 4) is 0 Å². The van der Waals surface area contributed by atoms with E-state index < -0.39 is 0 Å². The summed E-state index contributed by atoms with van der Waals surface area (Å²) in [4.78, 5) is 0. The molecule has 0 aliphatic heterocycles. The lowest BCUT2D eigenvalue weighted by molar-refractivity contribution is -0.151. The van der Waals surface area contributed by atoms with Crippen LogP contribution < -0.4 is 0 Å². The molecule has 0 saturated heterocycles. The molecule has 0 amide bonds. The lowest BCUT2D eigenvalue weighted by Gasteiger charge is -2.13. The number of rotatable bonds is 6. The van der Waals surface area contributed by atoms with Crippen molar-refractivity contribution in [1.82, 2.24) is 0 Å². The van der Waals surface area contributed by atoms with Crippen LogP contribution in [0.1, 0.15) is 13.3 Å². The molecule has 0 spiro atoms. The van der Waals surface area contributed by atoms with Gasteiger partial charge in [-0.1, -0.05) is 6.92 Å². The zero-order valence-electron chi connectivity index (χ0n) is 6.92. The maximum absolute atomic E-state index is 5.23. The van der Waals surface area contributed by atoms with Crippen molar-refractivity contribution < 1.29 is 14.2 Å². The minimum Gasteiger partial charge on any atom is -0.379 e. The van der Waals surface area contributed by atoms with Crippen molar-refractivity contribution in [2.24, 2.45) is 0 Å². The molecule has 0 aliphatic carbocycles. The number of ether oxygens (including phenoxy) is 3. The van der Waals surface area contributed by atoms with Crippen LogP contribution in [0.2, 0.25) is 0 Å². The third kappa shape index (κ3) is 4.73. The average molecular weight is 148 g/mol. The summed E-state index contributed by atoms with van der Waals surface area (Å²) in [6.07, 6.45) is 0.800. The van der Waals surface area contributed by atoms with Crippen LogP contribution in [0.15, 0.2) is 0 Å². The summed E-state index contributed by atoms with van der Waals surface area (Å²) in [5.41, 5.74) is 0. The van der Waals surface area contributed by atoms with Gasteiger partial charge in [-0.15, -0.1) is 0 Å². The van der Waals surface area contributed by atoms with Crippen molar-refractivity contribution in [1.29, 1.82) is 0 Å². The van der Waals surface area contributed by atoms with Gasteiger partial charge in [0, 0.05) is 20.8 Å². The third-order valence-corrected chi connectivity index (χ3v) is 1.07. The molecule has 1 unspecified atom stereocenters. The van der Waals surface area contributed by atoms with Gasteiger partial charge < -0.3 is 14.2 Å². The fourth-order valence-electron chi connectivity index (χ4n) is 0.570. The van der Waals surface area contributed by atoms with Crippen molar-refractivity contribution in [2.75, 3.05) is 27.4 Å². The van der Waals surface area contributed by atoms with Crippen LogP contribution >= 0.6 is 0 Å². The van der Waals surface area contributed by atoms with Gasteiger partial charge in [-0.05, 0) is 6.42 Å². The van der Waals surface area contributed by atoms with Crippen LogP contribution in [0, 0.1) is 0 Å². The summed E-state index contributed by atoms with van der Waals surface area (Å²) in [7, 11) is 3.24. The topological polar surface area (TPSA) is 27.7 Å². The quantitative estimate of drug-likeness (QED) is 0.526. The third-order valence-electron chi connectivity index (χ3n) is 1.07. The van der Waals surface area contributed by atoms with Gasteiger partial charge in [0.05, 0.1) is 6.61 Å². The monoisotopic (exact) mass is 148 g/mol. The Morgan fingerprint density at radius 3 is 2.40 bits per heavy atom. The van der Waals surface area contributed by atoms with Gasteiger partial charge >= 0.3 is 0 Å². The molecule has 0 aromatic rings. The molecule has 0 aliphatic rings. The van der Waals surface area contributed by atoms with E-state index in [4.69, 9.17) is 14.2 Å². The summed E-state index contributed by atoms with van der Waals surface area (Å²) in [6.45, 7) is 3.28. The van der Waals surface area contributed by atoms with E-state index in [-0.39, 0.29) is 6.29 Å². The molecule has 0 N–H and O–H groups in total. The normalized spacial score (nSPS) is 13.5. The van der Waals surface area contributed by atoms with E-state index >= 15 is 0 Å². The molecule has 0 rings (SSSR count). The van der Waals surface area contributed by atoms with Gasteiger partial charge in [-0.25, -0.2) is 0 Å². The first kappa shape index (κ1) is 9.88. The second-order valence-electron chi connectivity index (χ2n) is 1.99. The Bertz CT molecular complexity index is 65.9. The summed E-state index contributed by atoms with van der Waals surface area (Å²) in [6, 6.07) is 0. The molecule has 10 heavy (non-hydrogen) atoms. The Balaban J connectivity index is 3.21. The molecular formula is C7H16O3. The van der Waals surface area contributed by atoms with Crippen LogP contribution in [0.25, 0.3) is 0 Å². The highest BCUT2D eigenvalue weighted by molar-refractivity contribution is 4.38. The van der Waals surface area contributed by atoms with Crippen LogP contribution in [0.3, 0.4) is 0 Å². The van der Waals surface area contributed by atoms with Crippen LogP contribution in [0.4, 0.5) is 0 Å². The second-order valence-corrected chi connectivity index (χ2v) is 1.99. The Morgan fingerprint density at radius 1 is 1.30 bits per heavy atom. The average Bonchev–Trinajstić information content (AvgIpc) is 1.98. The molecular weight excluding hydrogens is 132 g/mol. The van der Waals surface area contributed by atoms with Crippen molar-refractivity contribution in [3.05, 3.63) is 0 Å². The van der Waals surface area contributed by atoms with E-state index in [0.717, 1.165) is 13.0 Å². The van der Waals surface area contributed by atoms with Crippen LogP contribution in [-0.2, 0) is 14.2 Å². The molecule has 0 fully saturated rings. The second kappa shape index (κ2) is 6.99. The maximum Gasteiger partial charge on any atom is 0.180 e. The molecule has 0 bridgehead atoms. The molecule has 1 atom stereocenters. The number of hydrogen-bond donors (Lipinski definition) is 0. The Hall–Kier alpha value is -0.120. The first-order valence-corrected chi connectivity index (χ1v) is 3.48. The fraction of sp³-hybridized carbons (Fsp3) is 1.00. The minimum atomic E-state index is -0.204. The standard InChI is InChI=1S/C7H16O3/c1-4-5-10-7(9-3)6-8-2/h7H,4-6H2,1-3H3. The smallest absolute Gasteiger partial charge is 0.180 e.